The number of benzene rings is 1. The van der Waals surface area contributed by atoms with E-state index in [0.29, 0.717) is 12.6 Å². The molecule has 0 radical (unpaired) electrons. The first kappa shape index (κ1) is 16.0. The van der Waals surface area contributed by atoms with E-state index in [1.54, 1.807) is 0 Å². The summed E-state index contributed by atoms with van der Waals surface area (Å²) in [6.45, 7) is 5.85. The summed E-state index contributed by atoms with van der Waals surface area (Å²) in [5, 5.41) is 3.40. The van der Waals surface area contributed by atoms with Gasteiger partial charge >= 0.3 is 0 Å². The number of nitrogens with zero attached hydrogens (tertiary/aromatic N) is 1. The van der Waals surface area contributed by atoms with Crippen molar-refractivity contribution in [3.63, 3.8) is 0 Å². The zero-order valence-electron chi connectivity index (χ0n) is 12.5. The summed E-state index contributed by atoms with van der Waals surface area (Å²) in [4.78, 5) is 4.29. The van der Waals surface area contributed by atoms with Crippen LogP contribution in [0.2, 0.25) is 0 Å². The molecule has 0 saturated carbocycles. The number of hydrogen-bond acceptors (Lipinski definition) is 3. The lowest BCUT2D eigenvalue weighted by Gasteiger charge is -2.15. The first-order valence-corrected chi connectivity index (χ1v) is 8.05. The highest BCUT2D eigenvalue weighted by atomic mass is 79.9. The molecule has 0 saturated heterocycles. The van der Waals surface area contributed by atoms with Gasteiger partial charge in [-0.3, -0.25) is 4.98 Å². The summed E-state index contributed by atoms with van der Waals surface area (Å²) in [5.74, 6) is 0.873. The molecular weight excluding hydrogens is 328 g/mol. The van der Waals surface area contributed by atoms with Crippen molar-refractivity contribution in [1.82, 2.24) is 10.3 Å². The maximum Gasteiger partial charge on any atom is 0.133 e. The van der Waals surface area contributed by atoms with Gasteiger partial charge in [0, 0.05) is 24.4 Å². The topological polar surface area (TPSA) is 34.1 Å². The van der Waals surface area contributed by atoms with Gasteiger partial charge in [-0.2, -0.15) is 0 Å². The number of ether oxygens (including phenoxy) is 1. The number of nitrogens with one attached hydrogen (secondary N) is 1. The molecule has 1 unspecified atom stereocenters. The van der Waals surface area contributed by atoms with Crippen molar-refractivity contribution in [2.24, 2.45) is 0 Å². The molecule has 0 fully saturated rings. The molecule has 0 aliphatic heterocycles. The minimum atomic E-state index is 0.342. The number of aromatic nitrogens is 1. The average Bonchev–Trinajstić information content (AvgIpc) is 2.50. The molecule has 1 atom stereocenters. The Morgan fingerprint density at radius 2 is 2.14 bits per heavy atom. The normalized spacial score (nSPS) is 12.1. The zero-order chi connectivity index (χ0) is 15.1. The van der Waals surface area contributed by atoms with Gasteiger partial charge in [0.25, 0.3) is 0 Å². The largest absolute Gasteiger partial charge is 0.492 e. The summed E-state index contributed by atoms with van der Waals surface area (Å²) in [6.07, 6.45) is 2.62. The second-order valence-corrected chi connectivity index (χ2v) is 5.74. The van der Waals surface area contributed by atoms with Gasteiger partial charge in [0.15, 0.2) is 0 Å². The predicted molar refractivity (Wildman–Crippen MR) is 89.7 cm³/mol. The Kier molecular flexibility index (Phi) is 6.21. The van der Waals surface area contributed by atoms with Crippen LogP contribution in [0.25, 0.3) is 0 Å². The van der Waals surface area contributed by atoms with Gasteiger partial charge in [-0.1, -0.05) is 19.1 Å². The van der Waals surface area contributed by atoms with Gasteiger partial charge in [0.2, 0.25) is 0 Å². The summed E-state index contributed by atoms with van der Waals surface area (Å²) < 4.78 is 6.82. The van der Waals surface area contributed by atoms with Crippen LogP contribution in [0, 0.1) is 0 Å². The molecule has 1 N–H and O–H groups in total. The molecule has 1 aromatic heterocycles. The van der Waals surface area contributed by atoms with Crippen LogP contribution in [0.5, 0.6) is 5.75 Å². The van der Waals surface area contributed by atoms with Crippen LogP contribution in [0.3, 0.4) is 0 Å². The van der Waals surface area contributed by atoms with Crippen molar-refractivity contribution in [2.75, 3.05) is 13.2 Å². The van der Waals surface area contributed by atoms with E-state index < -0.39 is 0 Å². The van der Waals surface area contributed by atoms with Crippen LogP contribution in [-0.2, 0) is 6.42 Å². The third kappa shape index (κ3) is 4.83. The van der Waals surface area contributed by atoms with Crippen molar-refractivity contribution in [3.8, 4) is 5.75 Å². The molecule has 1 aromatic carbocycles. The second-order valence-electron chi connectivity index (χ2n) is 4.89. The molecule has 2 aromatic rings. The summed E-state index contributed by atoms with van der Waals surface area (Å²) in [6, 6.07) is 12.5. The van der Waals surface area contributed by atoms with Crippen LogP contribution in [0.4, 0.5) is 0 Å². The van der Waals surface area contributed by atoms with Crippen molar-refractivity contribution in [3.05, 3.63) is 58.3 Å². The first-order chi connectivity index (χ1) is 10.2. The lowest BCUT2D eigenvalue weighted by Crippen LogP contribution is -2.17. The highest BCUT2D eigenvalue weighted by Crippen LogP contribution is 2.28. The van der Waals surface area contributed by atoms with Gasteiger partial charge in [0.1, 0.15) is 5.75 Å². The SMILES string of the molecule is CCNC(C)c1ccc(OCCc2ccccn2)c(Br)c1. The van der Waals surface area contributed by atoms with E-state index in [2.05, 4.69) is 52.2 Å². The molecule has 0 amide bonds. The first-order valence-electron chi connectivity index (χ1n) is 7.26. The highest BCUT2D eigenvalue weighted by Gasteiger charge is 2.08. The Bertz CT molecular complexity index is 560. The lowest BCUT2D eigenvalue weighted by molar-refractivity contribution is 0.318. The predicted octanol–water partition coefficient (Wildman–Crippen LogP) is 4.14. The molecule has 0 bridgehead atoms. The Morgan fingerprint density at radius 3 is 2.81 bits per heavy atom. The van der Waals surface area contributed by atoms with Crippen LogP contribution in [-0.4, -0.2) is 18.1 Å². The number of halogens is 1. The van der Waals surface area contributed by atoms with E-state index in [9.17, 15) is 0 Å². The molecule has 0 aliphatic rings. The van der Waals surface area contributed by atoms with E-state index >= 15 is 0 Å². The molecular formula is C17H21BrN2O. The number of hydrogen-bond donors (Lipinski definition) is 1. The lowest BCUT2D eigenvalue weighted by atomic mass is 10.1. The van der Waals surface area contributed by atoms with Crippen molar-refractivity contribution >= 4 is 15.9 Å². The van der Waals surface area contributed by atoms with E-state index in [0.717, 1.165) is 28.9 Å². The minimum Gasteiger partial charge on any atom is -0.492 e. The van der Waals surface area contributed by atoms with E-state index in [-0.39, 0.29) is 0 Å². The molecule has 21 heavy (non-hydrogen) atoms. The Labute approximate surface area is 134 Å². The Morgan fingerprint density at radius 1 is 1.29 bits per heavy atom. The van der Waals surface area contributed by atoms with E-state index in [1.165, 1.54) is 5.56 Å². The number of rotatable bonds is 7. The summed E-state index contributed by atoms with van der Waals surface area (Å²) in [5.41, 5.74) is 2.30. The average molecular weight is 349 g/mol. The molecule has 0 aliphatic carbocycles. The van der Waals surface area contributed by atoms with Crippen LogP contribution < -0.4 is 10.1 Å². The summed E-state index contributed by atoms with van der Waals surface area (Å²) >= 11 is 3.58. The van der Waals surface area contributed by atoms with E-state index in [4.69, 9.17) is 4.74 Å². The van der Waals surface area contributed by atoms with Crippen molar-refractivity contribution < 1.29 is 4.74 Å². The quantitative estimate of drug-likeness (QED) is 0.816. The van der Waals surface area contributed by atoms with Gasteiger partial charge < -0.3 is 10.1 Å². The Hall–Kier alpha value is -1.39. The van der Waals surface area contributed by atoms with Gasteiger partial charge in [-0.25, -0.2) is 0 Å². The third-order valence-electron chi connectivity index (χ3n) is 3.31. The Balaban J connectivity index is 1.92. The smallest absolute Gasteiger partial charge is 0.133 e. The fourth-order valence-electron chi connectivity index (χ4n) is 2.14. The van der Waals surface area contributed by atoms with Crippen LogP contribution in [0.1, 0.15) is 31.1 Å². The molecule has 4 heteroatoms. The fraction of sp³-hybridized carbons (Fsp3) is 0.353. The van der Waals surface area contributed by atoms with Crippen molar-refractivity contribution in [1.29, 1.82) is 0 Å². The van der Waals surface area contributed by atoms with E-state index in [1.807, 2.05) is 30.5 Å². The second kappa shape index (κ2) is 8.15. The maximum absolute atomic E-state index is 5.83. The molecule has 0 spiro atoms. The summed E-state index contributed by atoms with van der Waals surface area (Å²) in [7, 11) is 0. The van der Waals surface area contributed by atoms with Gasteiger partial charge in [0.05, 0.1) is 11.1 Å². The standard InChI is InChI=1S/C17H21BrN2O/c1-3-19-13(2)14-7-8-17(16(18)12-14)21-11-9-15-6-4-5-10-20-15/h4-8,10,12-13,19H,3,9,11H2,1-2H3. The molecule has 112 valence electrons. The van der Waals surface area contributed by atoms with Gasteiger partial charge in [-0.05, 0) is 59.2 Å². The zero-order valence-corrected chi connectivity index (χ0v) is 14.1. The van der Waals surface area contributed by atoms with Crippen molar-refractivity contribution in [2.45, 2.75) is 26.3 Å². The van der Waals surface area contributed by atoms with Crippen LogP contribution in [0.15, 0.2) is 47.1 Å². The fourth-order valence-corrected chi connectivity index (χ4v) is 2.65. The minimum absolute atomic E-state index is 0.342. The molecule has 2 rings (SSSR count). The van der Waals surface area contributed by atoms with Crippen LogP contribution >= 0.6 is 15.9 Å². The maximum atomic E-state index is 5.83. The molecule has 1 heterocycles. The number of pyridine rings is 1. The monoisotopic (exact) mass is 348 g/mol. The third-order valence-corrected chi connectivity index (χ3v) is 3.93. The highest BCUT2D eigenvalue weighted by molar-refractivity contribution is 9.10. The van der Waals surface area contributed by atoms with Gasteiger partial charge in [-0.15, -0.1) is 0 Å². The molecule has 3 nitrogen and oxygen atoms in total.